The minimum absolute atomic E-state index is 0.130. The number of alkyl halides is 2. The van der Waals surface area contributed by atoms with Crippen LogP contribution in [0.15, 0.2) is 0 Å². The normalized spacial score (nSPS) is 20.1. The van der Waals surface area contributed by atoms with E-state index in [0.29, 0.717) is 12.8 Å². The molecule has 0 aromatic rings. The number of carboxylic acids is 1. The van der Waals surface area contributed by atoms with Gasteiger partial charge in [-0.2, -0.15) is 8.78 Å². The Morgan fingerprint density at radius 2 is 1.67 bits per heavy atom. The molecule has 1 aliphatic rings. The molecule has 88 valence electrons. The minimum atomic E-state index is -4.89. The van der Waals surface area contributed by atoms with E-state index in [0.717, 1.165) is 6.42 Å². The van der Waals surface area contributed by atoms with E-state index in [9.17, 15) is 22.0 Å². The van der Waals surface area contributed by atoms with Gasteiger partial charge in [0, 0.05) is 0 Å². The van der Waals surface area contributed by atoms with E-state index in [1.54, 1.807) is 0 Å². The van der Waals surface area contributed by atoms with Crippen LogP contribution in [0.2, 0.25) is 0 Å². The first-order chi connectivity index (χ1) is 6.80. The molecule has 0 spiro atoms. The number of halogens is 2. The van der Waals surface area contributed by atoms with Crippen molar-refractivity contribution in [2.75, 3.05) is 0 Å². The molecule has 0 bridgehead atoms. The van der Waals surface area contributed by atoms with Crippen molar-refractivity contribution < 1.29 is 27.1 Å². The van der Waals surface area contributed by atoms with Gasteiger partial charge in [0.1, 0.15) is 0 Å². The smallest absolute Gasteiger partial charge is 0.439 e. The minimum Gasteiger partial charge on any atom is -0.476 e. The van der Waals surface area contributed by atoms with Crippen LogP contribution in [0.3, 0.4) is 0 Å². The average Bonchev–Trinajstić information content (AvgIpc) is 2.18. The van der Waals surface area contributed by atoms with Crippen molar-refractivity contribution in [1.29, 1.82) is 0 Å². The Labute approximate surface area is 86.2 Å². The van der Waals surface area contributed by atoms with Crippen LogP contribution in [0.4, 0.5) is 8.78 Å². The highest BCUT2D eigenvalue weighted by molar-refractivity contribution is 7.93. The second kappa shape index (κ2) is 4.03. The molecular formula is C8H12F2O4S. The van der Waals surface area contributed by atoms with Crippen molar-refractivity contribution in [3.8, 4) is 0 Å². The Kier molecular flexibility index (Phi) is 3.32. The van der Waals surface area contributed by atoms with Gasteiger partial charge in [-0.05, 0) is 12.8 Å². The monoisotopic (exact) mass is 242 g/mol. The number of carboxylic acid groups (broad SMARTS) is 1. The summed E-state index contributed by atoms with van der Waals surface area (Å²) in [6.45, 7) is 0. The highest BCUT2D eigenvalue weighted by Crippen LogP contribution is 2.33. The van der Waals surface area contributed by atoms with Gasteiger partial charge in [0.2, 0.25) is 9.84 Å². The molecule has 0 unspecified atom stereocenters. The zero-order valence-electron chi connectivity index (χ0n) is 7.95. The maximum absolute atomic E-state index is 12.9. The number of hydrogen-bond acceptors (Lipinski definition) is 3. The Bertz CT molecular complexity index is 344. The third-order valence-electron chi connectivity index (χ3n) is 2.60. The number of hydrogen-bond donors (Lipinski definition) is 1. The lowest BCUT2D eigenvalue weighted by Crippen LogP contribution is -2.44. The summed E-state index contributed by atoms with van der Waals surface area (Å²) in [7, 11) is -4.89. The summed E-state index contributed by atoms with van der Waals surface area (Å²) in [5.41, 5.74) is 0. The predicted octanol–water partition coefficient (Wildman–Crippen LogP) is 1.41. The standard InChI is InChI=1S/C8H12F2O4S/c9-8(10,7(11)12)15(13,14)6-4-2-1-3-5-6/h6H,1-5H2,(H,11,12). The number of sulfone groups is 1. The summed E-state index contributed by atoms with van der Waals surface area (Å²) in [6, 6.07) is 0. The largest absolute Gasteiger partial charge is 0.476 e. The van der Waals surface area contributed by atoms with E-state index in [1.165, 1.54) is 0 Å². The molecule has 4 nitrogen and oxygen atoms in total. The Balaban J connectivity index is 2.95. The molecule has 15 heavy (non-hydrogen) atoms. The van der Waals surface area contributed by atoms with E-state index in [1.807, 2.05) is 0 Å². The zero-order chi connectivity index (χ0) is 11.7. The first-order valence-corrected chi connectivity index (χ1v) is 6.19. The molecule has 0 saturated heterocycles. The fraction of sp³-hybridized carbons (Fsp3) is 0.875. The van der Waals surface area contributed by atoms with Crippen molar-refractivity contribution in [3.05, 3.63) is 0 Å². The van der Waals surface area contributed by atoms with Crippen LogP contribution in [-0.4, -0.2) is 30.0 Å². The molecule has 7 heteroatoms. The van der Waals surface area contributed by atoms with E-state index in [4.69, 9.17) is 5.11 Å². The predicted molar refractivity (Wildman–Crippen MR) is 48.4 cm³/mol. The second-order valence-corrected chi connectivity index (χ2v) is 5.90. The summed E-state index contributed by atoms with van der Waals surface area (Å²) in [6.07, 6.45) is 2.18. The van der Waals surface area contributed by atoms with Crippen molar-refractivity contribution >= 4 is 15.8 Å². The lowest BCUT2D eigenvalue weighted by molar-refractivity contribution is -0.153. The molecule has 0 aromatic carbocycles. The van der Waals surface area contributed by atoms with Gasteiger partial charge in [-0.3, -0.25) is 0 Å². The molecule has 0 heterocycles. The van der Waals surface area contributed by atoms with E-state index in [2.05, 4.69) is 0 Å². The molecule has 1 fully saturated rings. The summed E-state index contributed by atoms with van der Waals surface area (Å²) in [5.74, 6) is -2.59. The van der Waals surface area contributed by atoms with Crippen LogP contribution >= 0.6 is 0 Å². The molecular weight excluding hydrogens is 230 g/mol. The topological polar surface area (TPSA) is 71.4 Å². The van der Waals surface area contributed by atoms with Crippen molar-refractivity contribution in [2.24, 2.45) is 0 Å². The Hall–Kier alpha value is -0.720. The Morgan fingerprint density at radius 3 is 2.07 bits per heavy atom. The molecule has 1 rings (SSSR count). The first kappa shape index (κ1) is 12.4. The maximum atomic E-state index is 12.9. The van der Waals surface area contributed by atoms with Crippen LogP contribution in [-0.2, 0) is 14.6 Å². The molecule has 0 aliphatic heterocycles. The van der Waals surface area contributed by atoms with Crippen LogP contribution in [0, 0.1) is 0 Å². The summed E-state index contributed by atoms with van der Waals surface area (Å²) in [4.78, 5) is 10.2. The van der Waals surface area contributed by atoms with Crippen LogP contribution in [0.5, 0.6) is 0 Å². The quantitative estimate of drug-likeness (QED) is 0.812. The molecule has 0 aromatic heterocycles. The third kappa shape index (κ3) is 2.11. The zero-order valence-corrected chi connectivity index (χ0v) is 8.77. The van der Waals surface area contributed by atoms with Gasteiger partial charge in [0.05, 0.1) is 5.25 Å². The fourth-order valence-corrected chi connectivity index (χ4v) is 3.32. The molecule has 0 radical (unpaired) electrons. The molecule has 1 saturated carbocycles. The lowest BCUT2D eigenvalue weighted by atomic mass is 10.0. The van der Waals surface area contributed by atoms with Gasteiger partial charge < -0.3 is 5.11 Å². The van der Waals surface area contributed by atoms with Gasteiger partial charge in [-0.1, -0.05) is 19.3 Å². The lowest BCUT2D eigenvalue weighted by Gasteiger charge is -2.24. The van der Waals surface area contributed by atoms with Gasteiger partial charge in [0.25, 0.3) is 0 Å². The van der Waals surface area contributed by atoms with E-state index in [-0.39, 0.29) is 12.8 Å². The van der Waals surface area contributed by atoms with E-state index < -0.39 is 26.3 Å². The van der Waals surface area contributed by atoms with Gasteiger partial charge in [0.15, 0.2) is 0 Å². The summed E-state index contributed by atoms with van der Waals surface area (Å²) in [5, 5.41) is 2.31. The third-order valence-corrected chi connectivity index (χ3v) is 4.84. The van der Waals surface area contributed by atoms with Crippen molar-refractivity contribution in [2.45, 2.75) is 42.6 Å². The Morgan fingerprint density at radius 1 is 1.20 bits per heavy atom. The number of carbonyl (C=O) groups is 1. The van der Waals surface area contributed by atoms with Crippen LogP contribution < -0.4 is 0 Å². The molecule has 0 atom stereocenters. The molecule has 0 amide bonds. The van der Waals surface area contributed by atoms with Crippen LogP contribution in [0.1, 0.15) is 32.1 Å². The molecule has 1 aliphatic carbocycles. The van der Waals surface area contributed by atoms with Gasteiger partial charge in [-0.25, -0.2) is 13.2 Å². The maximum Gasteiger partial charge on any atom is 0.439 e. The van der Waals surface area contributed by atoms with Crippen molar-refractivity contribution in [3.63, 3.8) is 0 Å². The highest BCUT2D eigenvalue weighted by Gasteiger charge is 2.56. The summed E-state index contributed by atoms with van der Waals surface area (Å²) < 4.78 is 48.5. The van der Waals surface area contributed by atoms with Gasteiger partial charge >= 0.3 is 11.2 Å². The van der Waals surface area contributed by atoms with E-state index >= 15 is 0 Å². The average molecular weight is 242 g/mol. The number of rotatable bonds is 3. The van der Waals surface area contributed by atoms with Crippen molar-refractivity contribution in [1.82, 2.24) is 0 Å². The highest BCUT2D eigenvalue weighted by atomic mass is 32.2. The SMILES string of the molecule is O=C(O)C(F)(F)S(=O)(=O)C1CCCCC1. The van der Waals surface area contributed by atoms with Gasteiger partial charge in [-0.15, -0.1) is 0 Å². The first-order valence-electron chi connectivity index (χ1n) is 4.65. The molecule has 1 N–H and O–H groups in total. The number of aliphatic carboxylic acids is 1. The van der Waals surface area contributed by atoms with Crippen LogP contribution in [0.25, 0.3) is 0 Å². The second-order valence-electron chi connectivity index (χ2n) is 3.63. The fourth-order valence-electron chi connectivity index (χ4n) is 1.71. The summed E-state index contributed by atoms with van der Waals surface area (Å²) >= 11 is 0.